The number of nitrogens with zero attached hydrogens (tertiary/aromatic N) is 9. The van der Waals surface area contributed by atoms with Crippen LogP contribution in [0.1, 0.15) is 87.4 Å². The summed E-state index contributed by atoms with van der Waals surface area (Å²) in [7, 11) is 1.98. The van der Waals surface area contributed by atoms with Crippen molar-refractivity contribution in [1.29, 1.82) is 0 Å². The standard InChI is InChI=1S/C57H39N9.Pt/c1-36(2)37-22-29-58-48(32-37)56(51-44(18-8-25-61-51)45-19-9-26-62-52(45)56)40-14-4-12-38(33-40)55(49-42(16-6-23-59-49)43-17-7-24-60-50(43)55)39-13-5-15-41(34-39)57(66-31-30-65(3)35-66)53-46(20-10-27-63-53)47-21-11-28-64-54(47)57;/h4-32,36H,1-3H3;/q-2;. The Balaban J connectivity index is 0.00000468. The van der Waals surface area contributed by atoms with Crippen molar-refractivity contribution in [3.05, 3.63) is 263 Å². The van der Waals surface area contributed by atoms with Crippen LogP contribution in [0, 0.1) is 18.5 Å². The van der Waals surface area contributed by atoms with Gasteiger partial charge in [-0.2, -0.15) is 48.5 Å². The molecular formula is C57H39N9Pt-2. The molecule has 13 rings (SSSR count). The van der Waals surface area contributed by atoms with Gasteiger partial charge in [-0.05, 0) is 72.4 Å². The summed E-state index contributed by atoms with van der Waals surface area (Å²) >= 11 is 0. The zero-order valence-electron chi connectivity index (χ0n) is 36.7. The van der Waals surface area contributed by atoms with Gasteiger partial charge in [0, 0.05) is 97.8 Å². The third kappa shape index (κ3) is 5.40. The Bertz CT molecular complexity index is 3460. The van der Waals surface area contributed by atoms with Gasteiger partial charge in [-0.15, -0.1) is 22.3 Å². The van der Waals surface area contributed by atoms with Crippen molar-refractivity contribution in [2.24, 2.45) is 7.05 Å². The van der Waals surface area contributed by atoms with Crippen LogP contribution in [-0.4, -0.2) is 39.5 Å². The quantitative estimate of drug-likeness (QED) is 0.116. The summed E-state index contributed by atoms with van der Waals surface area (Å²) in [4.78, 5) is 36.5. The largest absolute Gasteiger partial charge is 0.354 e. The molecule has 0 radical (unpaired) electrons. The van der Waals surface area contributed by atoms with Crippen molar-refractivity contribution < 1.29 is 25.6 Å². The van der Waals surface area contributed by atoms with Gasteiger partial charge in [-0.25, -0.2) is 0 Å². The van der Waals surface area contributed by atoms with E-state index in [2.05, 4.69) is 122 Å². The molecule has 8 heterocycles. The molecule has 0 unspecified atom stereocenters. The monoisotopic (exact) mass is 1040 g/mol. The molecule has 324 valence electrons. The number of fused-ring (bicyclic) bond motifs is 9. The molecule has 0 fully saturated rings. The van der Waals surface area contributed by atoms with Crippen LogP contribution in [0.5, 0.6) is 0 Å². The van der Waals surface area contributed by atoms with Crippen LogP contribution in [-0.2, 0) is 44.5 Å². The van der Waals surface area contributed by atoms with Crippen LogP contribution in [0.15, 0.2) is 177 Å². The third-order valence-corrected chi connectivity index (χ3v) is 13.9. The second-order valence-corrected chi connectivity index (χ2v) is 17.6. The Hall–Kier alpha value is -7.61. The van der Waals surface area contributed by atoms with Gasteiger partial charge in [0.05, 0.1) is 40.9 Å². The van der Waals surface area contributed by atoms with Gasteiger partial charge in [0.25, 0.3) is 0 Å². The average Bonchev–Trinajstić information content (AvgIpc) is 4.11. The minimum absolute atomic E-state index is 0. The fourth-order valence-electron chi connectivity index (χ4n) is 11.2. The van der Waals surface area contributed by atoms with Crippen LogP contribution >= 0.6 is 0 Å². The molecule has 10 heteroatoms. The molecule has 67 heavy (non-hydrogen) atoms. The maximum Gasteiger partial charge on any atom is 0.204 e. The molecule has 0 aliphatic heterocycles. The molecule has 3 aliphatic rings. The maximum absolute atomic E-state index is 5.31. The Kier molecular flexibility index (Phi) is 9.29. The summed E-state index contributed by atoms with van der Waals surface area (Å²) in [5.74, 6) is 0.265. The molecule has 0 saturated carbocycles. The van der Waals surface area contributed by atoms with E-state index in [1.54, 1.807) is 0 Å². The van der Waals surface area contributed by atoms with Crippen molar-refractivity contribution in [2.75, 3.05) is 0 Å². The van der Waals surface area contributed by atoms with Gasteiger partial charge in [-0.1, -0.05) is 50.2 Å². The molecule has 0 N–H and O–H groups in total. The van der Waals surface area contributed by atoms with E-state index in [4.69, 9.17) is 34.9 Å². The summed E-state index contributed by atoms with van der Waals surface area (Å²) in [6.07, 6.45) is 20.7. The Morgan fingerprint density at radius 3 is 1.31 bits per heavy atom. The predicted octanol–water partition coefficient (Wildman–Crippen LogP) is 9.15. The number of pyridine rings is 7. The van der Waals surface area contributed by atoms with E-state index < -0.39 is 16.4 Å². The van der Waals surface area contributed by atoms with Gasteiger partial charge in [0.1, 0.15) is 16.8 Å². The molecule has 10 aromatic rings. The zero-order valence-corrected chi connectivity index (χ0v) is 38.9. The molecule has 0 amide bonds. The molecule has 2 aromatic carbocycles. The summed E-state index contributed by atoms with van der Waals surface area (Å²) < 4.78 is 4.02. The number of aryl methyl sites for hydroxylation is 1. The first kappa shape index (κ1) is 40.9. The van der Waals surface area contributed by atoms with Crippen molar-refractivity contribution in [3.63, 3.8) is 0 Å². The summed E-state index contributed by atoms with van der Waals surface area (Å²) in [6.45, 7) is 4.42. The number of hydrogen-bond donors (Lipinski definition) is 0. The second kappa shape index (κ2) is 15.2. The Morgan fingerprint density at radius 1 is 0.463 bits per heavy atom. The SMILES string of the molecule is CC(C)c1ccnc(C2(c3[c-]c(C4(c5[c-]c(C6(n7[c-][n+](C)cc7)c7ncccc7-c7cccnc76)ccc5)c5ncccc5-c5cccnc54)ccc3)c3ncccc3-c3cccnc32)c1.[Pt]. The van der Waals surface area contributed by atoms with Gasteiger partial charge >= 0.3 is 0 Å². The van der Waals surface area contributed by atoms with E-state index >= 15 is 0 Å². The van der Waals surface area contributed by atoms with Crippen molar-refractivity contribution in [1.82, 2.24) is 39.5 Å². The van der Waals surface area contributed by atoms with Gasteiger partial charge in [-0.3, -0.25) is 34.9 Å². The van der Waals surface area contributed by atoms with E-state index in [0.717, 1.165) is 95.5 Å². The van der Waals surface area contributed by atoms with E-state index in [1.165, 1.54) is 5.56 Å². The summed E-state index contributed by atoms with van der Waals surface area (Å²) in [6, 6.07) is 50.2. The van der Waals surface area contributed by atoms with E-state index in [1.807, 2.05) is 104 Å². The van der Waals surface area contributed by atoms with Crippen molar-refractivity contribution in [2.45, 2.75) is 36.1 Å². The van der Waals surface area contributed by atoms with Crippen LogP contribution in [0.3, 0.4) is 0 Å². The number of aromatic nitrogens is 9. The minimum atomic E-state index is -1.10. The normalized spacial score (nSPS) is 14.9. The van der Waals surface area contributed by atoms with Gasteiger partial charge in [0.2, 0.25) is 6.33 Å². The van der Waals surface area contributed by atoms with Crippen molar-refractivity contribution in [3.8, 4) is 33.4 Å². The molecule has 8 aromatic heterocycles. The number of rotatable bonds is 7. The third-order valence-electron chi connectivity index (χ3n) is 13.9. The Labute approximate surface area is 402 Å². The van der Waals surface area contributed by atoms with Crippen LogP contribution in [0.25, 0.3) is 33.4 Å². The van der Waals surface area contributed by atoms with Crippen molar-refractivity contribution >= 4 is 0 Å². The Morgan fingerprint density at radius 2 is 0.866 bits per heavy atom. The fourth-order valence-corrected chi connectivity index (χ4v) is 11.2. The molecular weight excluding hydrogens is 1010 g/mol. The van der Waals surface area contributed by atoms with Crippen LogP contribution in [0.4, 0.5) is 0 Å². The van der Waals surface area contributed by atoms with Crippen LogP contribution < -0.4 is 4.57 Å². The average molecular weight is 1050 g/mol. The minimum Gasteiger partial charge on any atom is -0.354 e. The second-order valence-electron chi connectivity index (χ2n) is 17.6. The predicted molar refractivity (Wildman–Crippen MR) is 249 cm³/mol. The summed E-state index contributed by atoms with van der Waals surface area (Å²) in [5, 5.41) is 0. The fraction of sp³-hybridized carbons (Fsp3) is 0.123. The molecule has 9 nitrogen and oxygen atoms in total. The molecule has 0 spiro atoms. The first-order chi connectivity index (χ1) is 32.5. The summed E-state index contributed by atoms with van der Waals surface area (Å²) in [5.41, 5.74) is 13.5. The van der Waals surface area contributed by atoms with E-state index in [0.29, 0.717) is 0 Å². The number of imidazole rings is 1. The van der Waals surface area contributed by atoms with E-state index in [9.17, 15) is 0 Å². The zero-order chi connectivity index (χ0) is 44.2. The number of hydrogen-bond acceptors (Lipinski definition) is 7. The smallest absolute Gasteiger partial charge is 0.204 e. The van der Waals surface area contributed by atoms with Gasteiger partial charge < -0.3 is 9.13 Å². The molecule has 0 bridgehead atoms. The van der Waals surface area contributed by atoms with Crippen LogP contribution in [0.2, 0.25) is 0 Å². The topological polar surface area (TPSA) is 99.0 Å². The van der Waals surface area contributed by atoms with E-state index in [-0.39, 0.29) is 27.0 Å². The molecule has 0 atom stereocenters. The van der Waals surface area contributed by atoms with Gasteiger partial charge in [0.15, 0.2) is 5.54 Å². The first-order valence-electron chi connectivity index (χ1n) is 22.2. The molecule has 0 saturated heterocycles. The number of benzene rings is 2. The first-order valence-corrected chi connectivity index (χ1v) is 22.2. The maximum atomic E-state index is 5.31. The molecule has 3 aliphatic carbocycles.